The van der Waals surface area contributed by atoms with E-state index in [2.05, 4.69) is 0 Å². The van der Waals surface area contributed by atoms with Crippen molar-refractivity contribution in [1.29, 1.82) is 0 Å². The Kier molecular flexibility index (Phi) is 4.00. The summed E-state index contributed by atoms with van der Waals surface area (Å²) in [5, 5.41) is 0.950. The van der Waals surface area contributed by atoms with E-state index in [-0.39, 0.29) is 11.3 Å². The van der Waals surface area contributed by atoms with Crippen LogP contribution in [0.5, 0.6) is 0 Å². The number of hydrogen-bond donors (Lipinski definition) is 0. The van der Waals surface area contributed by atoms with Crippen molar-refractivity contribution < 1.29 is 4.79 Å². The molecule has 0 saturated heterocycles. The number of carbonyl (C=O) groups excluding carboxylic acids is 1. The third kappa shape index (κ3) is 2.91. The van der Waals surface area contributed by atoms with Crippen molar-refractivity contribution >= 4 is 16.7 Å². The number of rotatable bonds is 5. The molecule has 4 rings (SSSR count). The highest BCUT2D eigenvalue weighted by Gasteiger charge is 2.26. The lowest BCUT2D eigenvalue weighted by Gasteiger charge is -2.15. The highest BCUT2D eigenvalue weighted by Crippen LogP contribution is 2.35. The maximum absolute atomic E-state index is 13.0. The van der Waals surface area contributed by atoms with Crippen LogP contribution >= 0.6 is 0 Å². The van der Waals surface area contributed by atoms with E-state index in [4.69, 9.17) is 0 Å². The van der Waals surface area contributed by atoms with E-state index >= 15 is 0 Å². The van der Waals surface area contributed by atoms with Gasteiger partial charge < -0.3 is 4.57 Å². The molecule has 0 radical (unpaired) electrons. The van der Waals surface area contributed by atoms with Crippen LogP contribution in [0.1, 0.15) is 36.0 Å². The third-order valence-electron chi connectivity index (χ3n) is 5.12. The monoisotopic (exact) mass is 331 g/mol. The molecule has 1 saturated carbocycles. The van der Waals surface area contributed by atoms with E-state index in [0.29, 0.717) is 17.9 Å². The van der Waals surface area contributed by atoms with Gasteiger partial charge >= 0.3 is 0 Å². The SMILES string of the molecule is Cn1c(=O)c(C(=O)CCC2CC2)c(-c2ccccc2)c2ccccc21. The predicted octanol–water partition coefficient (Wildman–Crippen LogP) is 4.58. The van der Waals surface area contributed by atoms with E-state index in [1.165, 1.54) is 12.8 Å². The molecule has 0 unspecified atom stereocenters. The Bertz CT molecular complexity index is 998. The Morgan fingerprint density at radius 3 is 2.44 bits per heavy atom. The topological polar surface area (TPSA) is 39.1 Å². The van der Waals surface area contributed by atoms with Gasteiger partial charge in [-0.25, -0.2) is 0 Å². The van der Waals surface area contributed by atoms with E-state index in [0.717, 1.165) is 28.5 Å². The van der Waals surface area contributed by atoms with Gasteiger partial charge in [-0.3, -0.25) is 9.59 Å². The quantitative estimate of drug-likeness (QED) is 0.642. The van der Waals surface area contributed by atoms with Gasteiger partial charge in [-0.15, -0.1) is 0 Å². The molecule has 2 aromatic carbocycles. The van der Waals surface area contributed by atoms with Gasteiger partial charge in [-0.2, -0.15) is 0 Å². The summed E-state index contributed by atoms with van der Waals surface area (Å²) in [4.78, 5) is 26.0. The maximum atomic E-state index is 13.0. The number of hydrogen-bond acceptors (Lipinski definition) is 2. The third-order valence-corrected chi connectivity index (χ3v) is 5.12. The van der Waals surface area contributed by atoms with Gasteiger partial charge in [-0.05, 0) is 24.0 Å². The molecule has 1 aliphatic rings. The fourth-order valence-electron chi connectivity index (χ4n) is 3.53. The highest BCUT2D eigenvalue weighted by atomic mass is 16.1. The number of pyridine rings is 1. The first-order valence-corrected chi connectivity index (χ1v) is 8.87. The van der Waals surface area contributed by atoms with Crippen molar-refractivity contribution in [2.45, 2.75) is 25.7 Å². The van der Waals surface area contributed by atoms with Crippen molar-refractivity contribution in [3.63, 3.8) is 0 Å². The minimum absolute atomic E-state index is 0.0305. The smallest absolute Gasteiger partial charge is 0.262 e. The molecule has 1 heterocycles. The molecule has 1 fully saturated rings. The predicted molar refractivity (Wildman–Crippen MR) is 101 cm³/mol. The number of ketones is 1. The van der Waals surface area contributed by atoms with Crippen LogP contribution in [0.15, 0.2) is 59.4 Å². The van der Waals surface area contributed by atoms with Gasteiger partial charge in [0, 0.05) is 24.4 Å². The average molecular weight is 331 g/mol. The zero-order valence-corrected chi connectivity index (χ0v) is 14.4. The van der Waals surface area contributed by atoms with Gasteiger partial charge in [-0.1, -0.05) is 61.4 Å². The lowest BCUT2D eigenvalue weighted by atomic mass is 9.92. The molecule has 0 atom stereocenters. The van der Waals surface area contributed by atoms with E-state index < -0.39 is 0 Å². The number of nitrogens with zero attached hydrogens (tertiary/aromatic N) is 1. The standard InChI is InChI=1S/C22H21NO2/c1-23-18-10-6-5-9-17(18)20(16-7-3-2-4-8-16)21(22(23)25)19(24)14-13-15-11-12-15/h2-10,15H,11-14H2,1H3. The molecule has 0 bridgehead atoms. The number of para-hydroxylation sites is 1. The average Bonchev–Trinajstić information content (AvgIpc) is 3.47. The fraction of sp³-hybridized carbons (Fsp3) is 0.273. The van der Waals surface area contributed by atoms with Crippen LogP contribution in [0.25, 0.3) is 22.0 Å². The first kappa shape index (κ1) is 15.8. The molecule has 0 amide bonds. The number of fused-ring (bicyclic) bond motifs is 1. The lowest BCUT2D eigenvalue weighted by molar-refractivity contribution is 0.0977. The van der Waals surface area contributed by atoms with Gasteiger partial charge in [0.1, 0.15) is 0 Å². The number of Topliss-reactive ketones (excluding diaryl/α,β-unsaturated/α-hetero) is 1. The van der Waals surface area contributed by atoms with Crippen LogP contribution in [-0.2, 0) is 7.05 Å². The molecule has 1 aliphatic carbocycles. The summed E-state index contributed by atoms with van der Waals surface area (Å²) in [5.41, 5.74) is 2.70. The second-order valence-electron chi connectivity index (χ2n) is 6.90. The van der Waals surface area contributed by atoms with Crippen LogP contribution in [0.2, 0.25) is 0 Å². The van der Waals surface area contributed by atoms with Crippen LogP contribution in [0.4, 0.5) is 0 Å². The van der Waals surface area contributed by atoms with Crippen LogP contribution in [-0.4, -0.2) is 10.4 Å². The molecule has 3 aromatic rings. The number of benzene rings is 2. The Labute approximate surface area is 146 Å². The molecular formula is C22H21NO2. The lowest BCUT2D eigenvalue weighted by Crippen LogP contribution is -2.26. The maximum Gasteiger partial charge on any atom is 0.262 e. The summed E-state index contributed by atoms with van der Waals surface area (Å²) in [6.45, 7) is 0. The van der Waals surface area contributed by atoms with Gasteiger partial charge in [0.15, 0.2) is 5.78 Å². The molecule has 25 heavy (non-hydrogen) atoms. The Hall–Kier alpha value is -2.68. The van der Waals surface area contributed by atoms with Gasteiger partial charge in [0.2, 0.25) is 0 Å². The van der Waals surface area contributed by atoms with E-state index in [9.17, 15) is 9.59 Å². The van der Waals surface area contributed by atoms with Crippen molar-refractivity contribution in [1.82, 2.24) is 4.57 Å². The van der Waals surface area contributed by atoms with Gasteiger partial charge in [0.25, 0.3) is 5.56 Å². The van der Waals surface area contributed by atoms with Crippen LogP contribution in [0, 0.1) is 5.92 Å². The van der Waals surface area contributed by atoms with Crippen molar-refractivity contribution in [2.24, 2.45) is 13.0 Å². The Morgan fingerprint density at radius 1 is 1.04 bits per heavy atom. The van der Waals surface area contributed by atoms with Crippen molar-refractivity contribution in [2.75, 3.05) is 0 Å². The summed E-state index contributed by atoms with van der Waals surface area (Å²) in [6, 6.07) is 17.6. The van der Waals surface area contributed by atoms with Crippen LogP contribution in [0.3, 0.4) is 0 Å². The highest BCUT2D eigenvalue weighted by molar-refractivity contribution is 6.09. The molecule has 3 nitrogen and oxygen atoms in total. The second-order valence-corrected chi connectivity index (χ2v) is 6.90. The fourth-order valence-corrected chi connectivity index (χ4v) is 3.53. The first-order valence-electron chi connectivity index (χ1n) is 8.87. The number of aromatic nitrogens is 1. The molecular weight excluding hydrogens is 310 g/mol. The van der Waals surface area contributed by atoms with Gasteiger partial charge in [0.05, 0.1) is 11.1 Å². The summed E-state index contributed by atoms with van der Waals surface area (Å²) < 4.78 is 1.60. The minimum Gasteiger partial charge on any atom is -0.311 e. The Morgan fingerprint density at radius 2 is 1.72 bits per heavy atom. The first-order chi connectivity index (χ1) is 12.2. The van der Waals surface area contributed by atoms with Crippen molar-refractivity contribution in [3.8, 4) is 11.1 Å². The number of carbonyl (C=O) groups is 1. The van der Waals surface area contributed by atoms with E-state index in [1.54, 1.807) is 11.6 Å². The second kappa shape index (κ2) is 6.32. The summed E-state index contributed by atoms with van der Waals surface area (Å²) >= 11 is 0. The molecule has 1 aromatic heterocycles. The Balaban J connectivity index is 1.97. The summed E-state index contributed by atoms with van der Waals surface area (Å²) in [5.74, 6) is 0.644. The number of aryl methyl sites for hydroxylation is 1. The molecule has 0 spiro atoms. The van der Waals surface area contributed by atoms with Crippen molar-refractivity contribution in [3.05, 3.63) is 70.5 Å². The minimum atomic E-state index is -0.196. The molecule has 126 valence electrons. The zero-order valence-electron chi connectivity index (χ0n) is 14.4. The largest absolute Gasteiger partial charge is 0.311 e. The molecule has 0 N–H and O–H groups in total. The molecule has 3 heteroatoms. The summed E-state index contributed by atoms with van der Waals surface area (Å²) in [7, 11) is 1.75. The molecule has 0 aliphatic heterocycles. The summed E-state index contributed by atoms with van der Waals surface area (Å²) in [6.07, 6.45) is 3.78. The zero-order chi connectivity index (χ0) is 17.4. The normalized spacial score (nSPS) is 14.0. The van der Waals surface area contributed by atoms with E-state index in [1.807, 2.05) is 54.6 Å². The van der Waals surface area contributed by atoms with Crippen LogP contribution < -0.4 is 5.56 Å².